The summed E-state index contributed by atoms with van der Waals surface area (Å²) in [6, 6.07) is 6.13. The highest BCUT2D eigenvalue weighted by Crippen LogP contribution is 2.29. The van der Waals surface area contributed by atoms with Gasteiger partial charge in [-0.2, -0.15) is 0 Å². The average Bonchev–Trinajstić information content (AvgIpc) is 2.82. The van der Waals surface area contributed by atoms with Crippen molar-refractivity contribution in [2.75, 3.05) is 13.2 Å². The standard InChI is InChI=1S/C13H16FN3O2/c1-17-7-10(15-16-17)6-13(8-18,9-19)11-4-2-3-5-12(11)14/h2-5,7,18-19H,6,8-9H2,1H3. The third kappa shape index (κ3) is 2.64. The zero-order valence-corrected chi connectivity index (χ0v) is 10.6. The molecule has 0 radical (unpaired) electrons. The van der Waals surface area contributed by atoms with E-state index in [0.29, 0.717) is 5.69 Å². The molecule has 5 nitrogen and oxygen atoms in total. The summed E-state index contributed by atoms with van der Waals surface area (Å²) in [5.74, 6) is -0.450. The van der Waals surface area contributed by atoms with Crippen LogP contribution in [0.2, 0.25) is 0 Å². The third-order valence-corrected chi connectivity index (χ3v) is 3.22. The second-order valence-corrected chi connectivity index (χ2v) is 4.64. The Morgan fingerprint density at radius 1 is 1.26 bits per heavy atom. The van der Waals surface area contributed by atoms with Gasteiger partial charge in [0.1, 0.15) is 5.82 Å². The summed E-state index contributed by atoms with van der Waals surface area (Å²) in [5, 5.41) is 27.0. The lowest BCUT2D eigenvalue weighted by Gasteiger charge is -2.29. The Morgan fingerprint density at radius 3 is 2.47 bits per heavy atom. The van der Waals surface area contributed by atoms with Crippen molar-refractivity contribution in [1.82, 2.24) is 15.0 Å². The molecule has 0 aliphatic rings. The maximum atomic E-state index is 13.9. The molecule has 0 fully saturated rings. The van der Waals surface area contributed by atoms with Crippen LogP contribution in [0.3, 0.4) is 0 Å². The van der Waals surface area contributed by atoms with E-state index in [4.69, 9.17) is 0 Å². The highest BCUT2D eigenvalue weighted by Gasteiger charge is 2.34. The number of hydrogen-bond donors (Lipinski definition) is 2. The first-order chi connectivity index (χ1) is 9.11. The molecule has 6 heteroatoms. The molecule has 0 saturated carbocycles. The molecule has 2 aromatic rings. The van der Waals surface area contributed by atoms with Gasteiger partial charge < -0.3 is 10.2 Å². The number of benzene rings is 1. The molecule has 2 rings (SSSR count). The number of halogens is 1. The highest BCUT2D eigenvalue weighted by atomic mass is 19.1. The topological polar surface area (TPSA) is 71.2 Å². The number of aliphatic hydroxyl groups excluding tert-OH is 2. The number of aromatic nitrogens is 3. The Balaban J connectivity index is 2.40. The van der Waals surface area contributed by atoms with Crippen LogP contribution in [0.5, 0.6) is 0 Å². The molecule has 0 saturated heterocycles. The molecule has 0 unspecified atom stereocenters. The van der Waals surface area contributed by atoms with Crippen LogP contribution in [-0.2, 0) is 18.9 Å². The van der Waals surface area contributed by atoms with Gasteiger partial charge in [0.05, 0.1) is 24.3 Å². The zero-order chi connectivity index (χ0) is 13.9. The summed E-state index contributed by atoms with van der Waals surface area (Å²) < 4.78 is 15.4. The van der Waals surface area contributed by atoms with Gasteiger partial charge in [-0.15, -0.1) is 5.10 Å². The molecule has 0 amide bonds. The average molecular weight is 265 g/mol. The summed E-state index contributed by atoms with van der Waals surface area (Å²) in [6.45, 7) is -0.748. The van der Waals surface area contributed by atoms with E-state index in [-0.39, 0.29) is 25.2 Å². The fourth-order valence-corrected chi connectivity index (χ4v) is 2.14. The summed E-state index contributed by atoms with van der Waals surface area (Å²) in [7, 11) is 1.72. The molecular formula is C13H16FN3O2. The second kappa shape index (κ2) is 5.46. The number of aryl methyl sites for hydroxylation is 1. The molecule has 1 heterocycles. The van der Waals surface area contributed by atoms with Crippen LogP contribution in [0.1, 0.15) is 11.3 Å². The lowest BCUT2D eigenvalue weighted by Crippen LogP contribution is -2.38. The van der Waals surface area contributed by atoms with E-state index in [1.54, 1.807) is 31.4 Å². The number of aliphatic hydroxyl groups is 2. The van der Waals surface area contributed by atoms with Crippen molar-refractivity contribution in [3.63, 3.8) is 0 Å². The van der Waals surface area contributed by atoms with Crippen LogP contribution in [0.15, 0.2) is 30.5 Å². The maximum absolute atomic E-state index is 13.9. The van der Waals surface area contributed by atoms with Gasteiger partial charge in [0, 0.05) is 19.7 Å². The summed E-state index contributed by atoms with van der Waals surface area (Å²) in [4.78, 5) is 0. The van der Waals surface area contributed by atoms with Crippen LogP contribution in [0.4, 0.5) is 4.39 Å². The van der Waals surface area contributed by atoms with Crippen molar-refractivity contribution < 1.29 is 14.6 Å². The van der Waals surface area contributed by atoms with Crippen LogP contribution in [0, 0.1) is 5.82 Å². The number of hydrogen-bond acceptors (Lipinski definition) is 4. The Morgan fingerprint density at radius 2 is 1.95 bits per heavy atom. The normalized spacial score (nSPS) is 11.8. The summed E-state index contributed by atoms with van der Waals surface area (Å²) in [5.41, 5.74) is -0.221. The Hall–Kier alpha value is -1.79. The maximum Gasteiger partial charge on any atom is 0.127 e. The Labute approximate surface area is 110 Å². The van der Waals surface area contributed by atoms with Crippen molar-refractivity contribution in [2.24, 2.45) is 7.05 Å². The molecule has 0 spiro atoms. The number of rotatable bonds is 5. The van der Waals surface area contributed by atoms with Crippen molar-refractivity contribution in [3.8, 4) is 0 Å². The minimum Gasteiger partial charge on any atom is -0.395 e. The molecule has 1 aromatic carbocycles. The lowest BCUT2D eigenvalue weighted by atomic mass is 9.78. The highest BCUT2D eigenvalue weighted by molar-refractivity contribution is 5.29. The van der Waals surface area contributed by atoms with Crippen molar-refractivity contribution in [1.29, 1.82) is 0 Å². The summed E-state index contributed by atoms with van der Waals surface area (Å²) >= 11 is 0. The van der Waals surface area contributed by atoms with Crippen molar-refractivity contribution >= 4 is 0 Å². The molecule has 0 atom stereocenters. The molecule has 1 aromatic heterocycles. The predicted octanol–water partition coefficient (Wildman–Crippen LogP) is 0.419. The zero-order valence-electron chi connectivity index (χ0n) is 10.6. The van der Waals surface area contributed by atoms with Crippen molar-refractivity contribution in [3.05, 3.63) is 47.5 Å². The first-order valence-electron chi connectivity index (χ1n) is 5.93. The van der Waals surface area contributed by atoms with E-state index in [9.17, 15) is 14.6 Å². The van der Waals surface area contributed by atoms with Gasteiger partial charge in [-0.1, -0.05) is 23.4 Å². The van der Waals surface area contributed by atoms with Gasteiger partial charge in [-0.25, -0.2) is 4.39 Å². The second-order valence-electron chi connectivity index (χ2n) is 4.64. The molecule has 102 valence electrons. The smallest absolute Gasteiger partial charge is 0.127 e. The van der Waals surface area contributed by atoms with E-state index >= 15 is 0 Å². The molecule has 0 aliphatic heterocycles. The van der Waals surface area contributed by atoms with E-state index in [0.717, 1.165) is 0 Å². The largest absolute Gasteiger partial charge is 0.395 e. The van der Waals surface area contributed by atoms with Gasteiger partial charge in [0.25, 0.3) is 0 Å². The molecule has 0 aliphatic carbocycles. The van der Waals surface area contributed by atoms with Gasteiger partial charge in [0.2, 0.25) is 0 Å². The van der Waals surface area contributed by atoms with Crippen molar-refractivity contribution in [2.45, 2.75) is 11.8 Å². The van der Waals surface area contributed by atoms with Crippen LogP contribution >= 0.6 is 0 Å². The molecule has 2 N–H and O–H groups in total. The molecule has 19 heavy (non-hydrogen) atoms. The van der Waals surface area contributed by atoms with Gasteiger partial charge in [-0.3, -0.25) is 4.68 Å². The first kappa shape index (κ1) is 13.6. The fourth-order valence-electron chi connectivity index (χ4n) is 2.14. The van der Waals surface area contributed by atoms with E-state index < -0.39 is 11.2 Å². The molecule has 0 bridgehead atoms. The SMILES string of the molecule is Cn1cc(CC(CO)(CO)c2ccccc2F)nn1. The fraction of sp³-hybridized carbons (Fsp3) is 0.385. The van der Waals surface area contributed by atoms with E-state index in [1.807, 2.05) is 0 Å². The third-order valence-electron chi connectivity index (χ3n) is 3.22. The van der Waals surface area contributed by atoms with E-state index in [2.05, 4.69) is 10.3 Å². The lowest BCUT2D eigenvalue weighted by molar-refractivity contribution is 0.112. The monoisotopic (exact) mass is 265 g/mol. The first-order valence-corrected chi connectivity index (χ1v) is 5.93. The Kier molecular flexibility index (Phi) is 3.92. The van der Waals surface area contributed by atoms with Gasteiger partial charge in [-0.05, 0) is 11.6 Å². The van der Waals surface area contributed by atoms with Crippen LogP contribution in [0.25, 0.3) is 0 Å². The van der Waals surface area contributed by atoms with E-state index in [1.165, 1.54) is 10.7 Å². The minimum atomic E-state index is -1.10. The van der Waals surface area contributed by atoms with Gasteiger partial charge in [0.15, 0.2) is 0 Å². The minimum absolute atomic E-state index is 0.217. The number of nitrogens with zero attached hydrogens (tertiary/aromatic N) is 3. The Bertz CT molecular complexity index is 552. The van der Waals surface area contributed by atoms with Crippen LogP contribution in [-0.4, -0.2) is 38.4 Å². The summed E-state index contributed by atoms with van der Waals surface area (Å²) in [6.07, 6.45) is 1.90. The molecular weight excluding hydrogens is 249 g/mol. The predicted molar refractivity (Wildman–Crippen MR) is 67.0 cm³/mol. The van der Waals surface area contributed by atoms with Crippen LogP contribution < -0.4 is 0 Å². The van der Waals surface area contributed by atoms with Gasteiger partial charge >= 0.3 is 0 Å². The quantitative estimate of drug-likeness (QED) is 0.822.